The minimum atomic E-state index is 0.166. The largest absolute Gasteiger partial charge is 0.456 e. The van der Waals surface area contributed by atoms with E-state index < -0.39 is 0 Å². The normalized spacial score (nSPS) is 11.7. The number of nitrogens with zero attached hydrogens (tertiary/aromatic N) is 3. The molecule has 0 aliphatic carbocycles. The number of furan rings is 1. The molecule has 39 heavy (non-hydrogen) atoms. The third-order valence-electron chi connectivity index (χ3n) is 7.08. The summed E-state index contributed by atoms with van der Waals surface area (Å²) in [6.07, 6.45) is 0. The van der Waals surface area contributed by atoms with Crippen LogP contribution in [-0.4, -0.2) is 15.0 Å². The Kier molecular flexibility index (Phi) is 5.02. The maximum atomic E-state index is 6.45. The Morgan fingerprint density at radius 1 is 0.538 bits per heavy atom. The van der Waals surface area contributed by atoms with Gasteiger partial charge in [0.1, 0.15) is 11.2 Å². The lowest BCUT2D eigenvalue weighted by molar-refractivity contribution is 0.669. The molecule has 0 radical (unpaired) electrons. The Labute approximate surface area is 232 Å². The third kappa shape index (κ3) is 3.70. The Hall–Kier alpha value is -4.58. The van der Waals surface area contributed by atoms with Gasteiger partial charge in [0, 0.05) is 42.1 Å². The van der Waals surface area contributed by atoms with Gasteiger partial charge in [0.25, 0.3) is 0 Å². The number of halogens is 1. The molecule has 0 fully saturated rings. The SMILES string of the molecule is Clc1nc(-c2cccc(-c3cccc4oc5ccccc5c34)c2)nc(-c2ccc3c(c2)sc2ccccc23)n1. The van der Waals surface area contributed by atoms with Crippen molar-refractivity contribution in [3.05, 3.63) is 114 Å². The second-order valence-electron chi connectivity index (χ2n) is 9.42. The monoisotopic (exact) mass is 539 g/mol. The van der Waals surface area contributed by atoms with E-state index in [1.54, 1.807) is 11.3 Å². The summed E-state index contributed by atoms with van der Waals surface area (Å²) in [6, 6.07) is 37.3. The molecule has 4 nitrogen and oxygen atoms in total. The third-order valence-corrected chi connectivity index (χ3v) is 8.38. The molecule has 0 saturated heterocycles. The van der Waals surface area contributed by atoms with Crippen molar-refractivity contribution in [3.8, 4) is 33.9 Å². The van der Waals surface area contributed by atoms with E-state index in [0.29, 0.717) is 11.6 Å². The lowest BCUT2D eigenvalue weighted by atomic mass is 9.98. The standard InChI is InChI=1S/C33H18ClN3OS/c34-33-36-31(35-32(37-33)21-15-16-24-23-9-2-4-14-28(23)39-29(24)18-21)20-8-5-7-19(17-20)22-11-6-13-27-30(22)25-10-1-3-12-26(25)38-27/h1-18H. The first kappa shape index (κ1) is 22.4. The fraction of sp³-hybridized carbons (Fsp3) is 0. The lowest BCUT2D eigenvalue weighted by Crippen LogP contribution is -1.97. The summed E-state index contributed by atoms with van der Waals surface area (Å²) in [6.45, 7) is 0. The molecule has 0 saturated carbocycles. The highest BCUT2D eigenvalue weighted by Crippen LogP contribution is 2.38. The summed E-state index contributed by atoms with van der Waals surface area (Å²) in [4.78, 5) is 13.8. The van der Waals surface area contributed by atoms with E-state index in [1.807, 2.05) is 42.5 Å². The second kappa shape index (κ2) is 8.73. The van der Waals surface area contributed by atoms with Crippen LogP contribution in [0.3, 0.4) is 0 Å². The predicted octanol–water partition coefficient (Wildman–Crippen LogP) is 9.79. The van der Waals surface area contributed by atoms with Crippen molar-refractivity contribution < 1.29 is 4.42 Å². The molecule has 8 rings (SSSR count). The van der Waals surface area contributed by atoms with Crippen molar-refractivity contribution in [1.82, 2.24) is 15.0 Å². The highest BCUT2D eigenvalue weighted by atomic mass is 35.5. The summed E-state index contributed by atoms with van der Waals surface area (Å²) in [5, 5.41) is 4.84. The maximum absolute atomic E-state index is 6.45. The Bertz CT molecular complexity index is 2220. The van der Waals surface area contributed by atoms with E-state index in [-0.39, 0.29) is 5.28 Å². The van der Waals surface area contributed by atoms with Crippen LogP contribution >= 0.6 is 22.9 Å². The van der Waals surface area contributed by atoms with Gasteiger partial charge in [0.15, 0.2) is 11.6 Å². The van der Waals surface area contributed by atoms with E-state index >= 15 is 0 Å². The molecule has 8 aromatic rings. The van der Waals surface area contributed by atoms with Crippen LogP contribution in [0.15, 0.2) is 114 Å². The predicted molar refractivity (Wildman–Crippen MR) is 161 cm³/mol. The van der Waals surface area contributed by atoms with Gasteiger partial charge >= 0.3 is 0 Å². The molecule has 3 aromatic heterocycles. The molecule has 0 aliphatic heterocycles. The molecule has 0 N–H and O–H groups in total. The van der Waals surface area contributed by atoms with Crippen molar-refractivity contribution in [2.45, 2.75) is 0 Å². The van der Waals surface area contributed by atoms with Crippen molar-refractivity contribution in [2.75, 3.05) is 0 Å². The van der Waals surface area contributed by atoms with Crippen LogP contribution in [0.4, 0.5) is 0 Å². The van der Waals surface area contributed by atoms with Crippen molar-refractivity contribution in [2.24, 2.45) is 0 Å². The minimum absolute atomic E-state index is 0.166. The highest BCUT2D eigenvalue weighted by molar-refractivity contribution is 7.25. The average Bonchev–Trinajstić information content (AvgIpc) is 3.55. The summed E-state index contributed by atoms with van der Waals surface area (Å²) in [5.74, 6) is 1.09. The van der Waals surface area contributed by atoms with Crippen LogP contribution in [0.1, 0.15) is 0 Å². The average molecular weight is 540 g/mol. The molecule has 3 heterocycles. The van der Waals surface area contributed by atoms with Crippen LogP contribution in [0, 0.1) is 0 Å². The van der Waals surface area contributed by atoms with E-state index in [0.717, 1.165) is 44.2 Å². The van der Waals surface area contributed by atoms with E-state index in [1.165, 1.54) is 20.2 Å². The summed E-state index contributed by atoms with van der Waals surface area (Å²) < 4.78 is 8.56. The maximum Gasteiger partial charge on any atom is 0.226 e. The van der Waals surface area contributed by atoms with Gasteiger partial charge in [-0.05, 0) is 53.1 Å². The van der Waals surface area contributed by atoms with Gasteiger partial charge in [-0.3, -0.25) is 0 Å². The molecule has 5 aromatic carbocycles. The van der Waals surface area contributed by atoms with Crippen molar-refractivity contribution in [1.29, 1.82) is 0 Å². The zero-order valence-corrected chi connectivity index (χ0v) is 22.0. The van der Waals surface area contributed by atoms with Gasteiger partial charge in [0.05, 0.1) is 0 Å². The zero-order chi connectivity index (χ0) is 25.9. The molecule has 0 unspecified atom stereocenters. The van der Waals surface area contributed by atoms with Gasteiger partial charge < -0.3 is 4.42 Å². The van der Waals surface area contributed by atoms with Crippen LogP contribution < -0.4 is 0 Å². The van der Waals surface area contributed by atoms with E-state index in [9.17, 15) is 0 Å². The zero-order valence-electron chi connectivity index (χ0n) is 20.4. The van der Waals surface area contributed by atoms with Crippen LogP contribution in [0.25, 0.3) is 76.0 Å². The summed E-state index contributed by atoms with van der Waals surface area (Å²) in [5.41, 5.74) is 5.65. The fourth-order valence-corrected chi connectivity index (χ4v) is 6.62. The smallest absolute Gasteiger partial charge is 0.226 e. The lowest BCUT2D eigenvalue weighted by Gasteiger charge is -2.08. The number of fused-ring (bicyclic) bond motifs is 6. The van der Waals surface area contributed by atoms with Crippen molar-refractivity contribution >= 4 is 65.0 Å². The summed E-state index contributed by atoms with van der Waals surface area (Å²) in [7, 11) is 0. The molecular formula is C33H18ClN3OS. The van der Waals surface area contributed by atoms with Crippen LogP contribution in [-0.2, 0) is 0 Å². The fourth-order valence-electron chi connectivity index (χ4n) is 5.31. The first-order chi connectivity index (χ1) is 19.2. The van der Waals surface area contributed by atoms with Crippen LogP contribution in [0.5, 0.6) is 0 Å². The summed E-state index contributed by atoms with van der Waals surface area (Å²) >= 11 is 8.21. The number of thiophene rings is 1. The van der Waals surface area contributed by atoms with E-state index in [4.69, 9.17) is 21.0 Å². The number of hydrogen-bond acceptors (Lipinski definition) is 5. The first-order valence-corrected chi connectivity index (χ1v) is 13.7. The van der Waals surface area contributed by atoms with Crippen molar-refractivity contribution in [3.63, 3.8) is 0 Å². The van der Waals surface area contributed by atoms with Gasteiger partial charge in [-0.25, -0.2) is 4.98 Å². The topological polar surface area (TPSA) is 51.8 Å². The first-order valence-electron chi connectivity index (χ1n) is 12.6. The molecule has 6 heteroatoms. The number of benzene rings is 5. The number of rotatable bonds is 3. The molecule has 0 bridgehead atoms. The number of aromatic nitrogens is 3. The minimum Gasteiger partial charge on any atom is -0.456 e. The highest BCUT2D eigenvalue weighted by Gasteiger charge is 2.15. The Morgan fingerprint density at radius 3 is 2.13 bits per heavy atom. The second-order valence-corrected chi connectivity index (χ2v) is 10.8. The Morgan fingerprint density at radius 2 is 1.23 bits per heavy atom. The molecule has 0 spiro atoms. The van der Waals surface area contributed by atoms with E-state index in [2.05, 4.69) is 76.7 Å². The molecule has 0 aliphatic rings. The molecule has 0 atom stereocenters. The molecular weight excluding hydrogens is 522 g/mol. The molecule has 0 amide bonds. The Balaban J connectivity index is 1.25. The van der Waals surface area contributed by atoms with Gasteiger partial charge in [0.2, 0.25) is 5.28 Å². The van der Waals surface area contributed by atoms with Gasteiger partial charge in [-0.2, -0.15) is 9.97 Å². The quantitative estimate of drug-likeness (QED) is 0.224. The number of hydrogen-bond donors (Lipinski definition) is 0. The van der Waals surface area contributed by atoms with Gasteiger partial charge in [-0.15, -0.1) is 11.3 Å². The molecule has 184 valence electrons. The van der Waals surface area contributed by atoms with Crippen LogP contribution in [0.2, 0.25) is 5.28 Å². The number of para-hydroxylation sites is 1. The van der Waals surface area contributed by atoms with Gasteiger partial charge in [-0.1, -0.05) is 78.9 Å².